The van der Waals surface area contributed by atoms with Gasteiger partial charge in [-0.15, -0.1) is 0 Å². The highest BCUT2D eigenvalue weighted by atomic mass is 19.1. The standard InChI is InChI=1S/C17H15FN8O3/c1-9(14-21-8-22-26(14)15-19-4-3-5-20-15)23-16(27)24-11-7-13-12(6-10(11)18)25(2)17(28)29-13/h3-9H,1-2H3,(H2,23,24,27). The number of aryl methyl sites for hydroxylation is 1. The summed E-state index contributed by atoms with van der Waals surface area (Å²) in [7, 11) is 1.46. The maximum absolute atomic E-state index is 14.3. The fraction of sp³-hybridized carbons (Fsp3) is 0.176. The second-order valence-electron chi connectivity index (χ2n) is 6.13. The molecule has 1 aromatic carbocycles. The number of nitrogens with one attached hydrogen (secondary N) is 2. The minimum atomic E-state index is -0.711. The van der Waals surface area contributed by atoms with Crippen molar-refractivity contribution in [3.63, 3.8) is 0 Å². The van der Waals surface area contributed by atoms with Gasteiger partial charge in [0.05, 0.1) is 17.2 Å². The maximum Gasteiger partial charge on any atom is 0.419 e. The van der Waals surface area contributed by atoms with Gasteiger partial charge < -0.3 is 15.1 Å². The van der Waals surface area contributed by atoms with Crippen molar-refractivity contribution < 1.29 is 13.6 Å². The molecule has 0 aliphatic rings. The van der Waals surface area contributed by atoms with Crippen molar-refractivity contribution >= 4 is 22.8 Å². The van der Waals surface area contributed by atoms with Crippen LogP contribution in [0.4, 0.5) is 14.9 Å². The second kappa shape index (κ2) is 7.14. The molecule has 29 heavy (non-hydrogen) atoms. The third kappa shape index (κ3) is 3.42. The molecule has 2 amide bonds. The summed E-state index contributed by atoms with van der Waals surface area (Å²) in [5, 5.41) is 9.10. The van der Waals surface area contributed by atoms with E-state index in [-0.39, 0.29) is 16.8 Å². The van der Waals surface area contributed by atoms with Gasteiger partial charge in [-0.1, -0.05) is 0 Å². The van der Waals surface area contributed by atoms with Crippen LogP contribution in [0.1, 0.15) is 18.8 Å². The Labute approximate surface area is 162 Å². The zero-order valence-electron chi connectivity index (χ0n) is 15.3. The van der Waals surface area contributed by atoms with Crippen LogP contribution in [0.5, 0.6) is 0 Å². The van der Waals surface area contributed by atoms with Crippen LogP contribution in [0.15, 0.2) is 46.1 Å². The van der Waals surface area contributed by atoms with E-state index in [0.29, 0.717) is 11.8 Å². The van der Waals surface area contributed by atoms with Gasteiger partial charge in [0.1, 0.15) is 12.1 Å². The van der Waals surface area contributed by atoms with Crippen molar-refractivity contribution in [2.45, 2.75) is 13.0 Å². The van der Waals surface area contributed by atoms with Gasteiger partial charge in [-0.25, -0.2) is 28.9 Å². The first-order valence-corrected chi connectivity index (χ1v) is 8.48. The SMILES string of the molecule is CC(NC(=O)Nc1cc2oc(=O)n(C)c2cc1F)c1ncnn1-c1ncccn1. The van der Waals surface area contributed by atoms with E-state index in [1.807, 2.05) is 0 Å². The fourth-order valence-electron chi connectivity index (χ4n) is 2.76. The lowest BCUT2D eigenvalue weighted by Gasteiger charge is -2.15. The van der Waals surface area contributed by atoms with Crippen LogP contribution in [0.2, 0.25) is 0 Å². The molecule has 12 heteroatoms. The number of aromatic nitrogens is 6. The van der Waals surface area contributed by atoms with E-state index in [9.17, 15) is 14.0 Å². The van der Waals surface area contributed by atoms with Gasteiger partial charge in [0, 0.05) is 31.6 Å². The normalized spacial score (nSPS) is 12.1. The molecule has 11 nitrogen and oxygen atoms in total. The average Bonchev–Trinajstić information content (AvgIpc) is 3.29. The van der Waals surface area contributed by atoms with Crippen LogP contribution >= 0.6 is 0 Å². The molecule has 0 aliphatic carbocycles. The van der Waals surface area contributed by atoms with E-state index in [2.05, 4.69) is 30.7 Å². The Bertz CT molecular complexity index is 1250. The Kier molecular flexibility index (Phi) is 4.50. The van der Waals surface area contributed by atoms with Gasteiger partial charge in [0.15, 0.2) is 11.4 Å². The minimum Gasteiger partial charge on any atom is -0.408 e. The molecule has 0 aliphatic heterocycles. The van der Waals surface area contributed by atoms with Crippen molar-refractivity contribution in [3.05, 3.63) is 59.1 Å². The molecule has 0 radical (unpaired) electrons. The summed E-state index contributed by atoms with van der Waals surface area (Å²) in [4.78, 5) is 36.2. The number of hydrogen-bond donors (Lipinski definition) is 2. The maximum atomic E-state index is 14.3. The zero-order valence-corrected chi connectivity index (χ0v) is 15.3. The number of anilines is 1. The van der Waals surface area contributed by atoms with Gasteiger partial charge in [0.2, 0.25) is 0 Å². The van der Waals surface area contributed by atoms with E-state index in [1.54, 1.807) is 25.4 Å². The van der Waals surface area contributed by atoms with E-state index in [0.717, 1.165) is 6.07 Å². The molecule has 4 rings (SSSR count). The molecular formula is C17H15FN8O3. The molecule has 0 saturated heterocycles. The molecule has 3 heterocycles. The van der Waals surface area contributed by atoms with Crippen LogP contribution in [0, 0.1) is 5.82 Å². The lowest BCUT2D eigenvalue weighted by Crippen LogP contribution is -2.33. The highest BCUT2D eigenvalue weighted by Gasteiger charge is 2.19. The van der Waals surface area contributed by atoms with Gasteiger partial charge in [-0.2, -0.15) is 9.78 Å². The molecule has 4 aromatic rings. The lowest BCUT2D eigenvalue weighted by atomic mass is 10.2. The highest BCUT2D eigenvalue weighted by molar-refractivity contribution is 5.92. The molecule has 3 aromatic heterocycles. The van der Waals surface area contributed by atoms with Crippen LogP contribution in [-0.4, -0.2) is 35.3 Å². The van der Waals surface area contributed by atoms with Crippen LogP contribution < -0.4 is 16.4 Å². The predicted octanol–water partition coefficient (Wildman–Crippen LogP) is 1.52. The second-order valence-corrected chi connectivity index (χ2v) is 6.13. The summed E-state index contributed by atoms with van der Waals surface area (Å²) < 4.78 is 21.9. The number of hydrogen-bond acceptors (Lipinski definition) is 7. The molecule has 1 unspecified atom stereocenters. The molecule has 0 fully saturated rings. The van der Waals surface area contributed by atoms with E-state index >= 15 is 0 Å². The van der Waals surface area contributed by atoms with E-state index < -0.39 is 23.6 Å². The number of fused-ring (bicyclic) bond motifs is 1. The number of carbonyl (C=O) groups is 1. The van der Waals surface area contributed by atoms with Crippen LogP contribution in [-0.2, 0) is 7.05 Å². The van der Waals surface area contributed by atoms with E-state index in [1.165, 1.54) is 28.7 Å². The van der Waals surface area contributed by atoms with Gasteiger partial charge >= 0.3 is 11.8 Å². The zero-order chi connectivity index (χ0) is 20.5. The minimum absolute atomic E-state index is 0.135. The van der Waals surface area contributed by atoms with Crippen molar-refractivity contribution in [2.75, 3.05) is 5.32 Å². The number of amides is 2. The molecule has 0 spiro atoms. The molecule has 148 valence electrons. The molecule has 0 bridgehead atoms. The summed E-state index contributed by atoms with van der Waals surface area (Å²) >= 11 is 0. The number of nitrogens with zero attached hydrogens (tertiary/aromatic N) is 6. The van der Waals surface area contributed by atoms with Crippen LogP contribution in [0.25, 0.3) is 17.0 Å². The molecule has 0 saturated carbocycles. The third-order valence-electron chi connectivity index (χ3n) is 4.18. The number of halogens is 1. The largest absolute Gasteiger partial charge is 0.419 e. The van der Waals surface area contributed by atoms with E-state index in [4.69, 9.17) is 4.42 Å². The van der Waals surface area contributed by atoms with Crippen molar-refractivity contribution in [2.24, 2.45) is 7.05 Å². The first-order valence-electron chi connectivity index (χ1n) is 8.48. The highest BCUT2D eigenvalue weighted by Crippen LogP contribution is 2.22. The fourth-order valence-corrected chi connectivity index (χ4v) is 2.76. The summed E-state index contributed by atoms with van der Waals surface area (Å²) in [6.45, 7) is 1.68. The lowest BCUT2D eigenvalue weighted by molar-refractivity contribution is 0.248. The number of oxazole rings is 1. The Morgan fingerprint density at radius 1 is 1.24 bits per heavy atom. The molecule has 1 atom stereocenters. The van der Waals surface area contributed by atoms with Crippen molar-refractivity contribution in [3.8, 4) is 5.95 Å². The number of rotatable bonds is 4. The summed E-state index contributed by atoms with van der Waals surface area (Å²) in [5.74, 6) is -0.657. The third-order valence-corrected chi connectivity index (χ3v) is 4.18. The number of urea groups is 1. The molecule has 2 N–H and O–H groups in total. The number of carbonyl (C=O) groups excluding carboxylic acids is 1. The Morgan fingerprint density at radius 2 is 2.00 bits per heavy atom. The van der Waals surface area contributed by atoms with Gasteiger partial charge in [-0.05, 0) is 13.0 Å². The van der Waals surface area contributed by atoms with Crippen molar-refractivity contribution in [1.29, 1.82) is 0 Å². The summed E-state index contributed by atoms with van der Waals surface area (Å²) in [5.41, 5.74) is 0.301. The Balaban J connectivity index is 1.52. The number of benzene rings is 1. The Morgan fingerprint density at radius 3 is 2.76 bits per heavy atom. The van der Waals surface area contributed by atoms with Crippen LogP contribution in [0.3, 0.4) is 0 Å². The first-order chi connectivity index (χ1) is 13.9. The van der Waals surface area contributed by atoms with Gasteiger partial charge in [-0.3, -0.25) is 4.57 Å². The first kappa shape index (κ1) is 18.3. The Hall–Kier alpha value is -4.09. The monoisotopic (exact) mass is 398 g/mol. The topological polar surface area (TPSA) is 133 Å². The quantitative estimate of drug-likeness (QED) is 0.532. The summed E-state index contributed by atoms with van der Waals surface area (Å²) in [6.07, 6.45) is 4.42. The summed E-state index contributed by atoms with van der Waals surface area (Å²) in [6, 6.07) is 2.75. The predicted molar refractivity (Wildman–Crippen MR) is 98.9 cm³/mol. The molecular weight excluding hydrogens is 383 g/mol. The van der Waals surface area contributed by atoms with Gasteiger partial charge in [0.25, 0.3) is 5.95 Å². The average molecular weight is 398 g/mol. The van der Waals surface area contributed by atoms with Crippen molar-refractivity contribution in [1.82, 2.24) is 34.6 Å². The smallest absolute Gasteiger partial charge is 0.408 e.